The second-order valence-electron chi connectivity index (χ2n) is 4.30. The van der Waals surface area contributed by atoms with E-state index in [1.165, 1.54) is 32.1 Å². The number of aliphatic hydroxyl groups is 1. The van der Waals surface area contributed by atoms with E-state index in [9.17, 15) is 0 Å². The molecule has 0 bridgehead atoms. The number of nitrogens with two attached hydrogens (primary N) is 1. The van der Waals surface area contributed by atoms with E-state index in [0.29, 0.717) is 16.0 Å². The molecule has 4 heteroatoms. The number of halogens is 2. The van der Waals surface area contributed by atoms with Gasteiger partial charge < -0.3 is 10.8 Å². The van der Waals surface area contributed by atoms with Crippen LogP contribution in [-0.4, -0.2) is 18.3 Å². The van der Waals surface area contributed by atoms with Crippen molar-refractivity contribution in [3.63, 3.8) is 0 Å². The maximum atomic E-state index is 7.00. The van der Waals surface area contributed by atoms with Gasteiger partial charge in [-0.1, -0.05) is 49.0 Å². The SMILES string of the molecule is C=C(/C(Cl)=C(\C)Cl)C(N)C1CCCCC1.CO. The summed E-state index contributed by atoms with van der Waals surface area (Å²) in [6, 6.07) is -0.0356. The zero-order chi connectivity index (χ0) is 13.4. The first-order chi connectivity index (χ1) is 8.04. The average Bonchev–Trinajstić information content (AvgIpc) is 2.39. The predicted octanol–water partition coefficient (Wildman–Crippen LogP) is 3.77. The normalized spacial score (nSPS) is 19.9. The van der Waals surface area contributed by atoms with E-state index < -0.39 is 0 Å². The summed E-state index contributed by atoms with van der Waals surface area (Å²) in [6.45, 7) is 5.72. The Labute approximate surface area is 114 Å². The Balaban J connectivity index is 0.00000121. The highest BCUT2D eigenvalue weighted by Crippen LogP contribution is 2.32. The lowest BCUT2D eigenvalue weighted by molar-refractivity contribution is 0.327. The third kappa shape index (κ3) is 5.43. The Morgan fingerprint density at radius 2 is 1.71 bits per heavy atom. The fourth-order valence-electron chi connectivity index (χ4n) is 2.15. The van der Waals surface area contributed by atoms with Gasteiger partial charge in [-0.05, 0) is 31.3 Å². The van der Waals surface area contributed by atoms with Gasteiger partial charge in [0.1, 0.15) is 0 Å². The highest BCUT2D eigenvalue weighted by Gasteiger charge is 2.24. The second-order valence-corrected chi connectivity index (χ2v) is 5.24. The first kappa shape index (κ1) is 17.0. The van der Waals surface area contributed by atoms with Crippen LogP contribution in [0.15, 0.2) is 22.2 Å². The molecule has 1 fully saturated rings. The summed E-state index contributed by atoms with van der Waals surface area (Å²) in [5.74, 6) is 0.524. The molecule has 0 radical (unpaired) electrons. The van der Waals surface area contributed by atoms with Crippen LogP contribution in [0.3, 0.4) is 0 Å². The van der Waals surface area contributed by atoms with Crippen molar-refractivity contribution in [1.29, 1.82) is 0 Å². The maximum absolute atomic E-state index is 7.00. The predicted molar refractivity (Wildman–Crippen MR) is 76.2 cm³/mol. The lowest BCUT2D eigenvalue weighted by Crippen LogP contribution is -2.33. The Kier molecular flexibility index (Phi) is 8.97. The van der Waals surface area contributed by atoms with Gasteiger partial charge in [-0.2, -0.15) is 0 Å². The molecule has 0 spiro atoms. The molecule has 17 heavy (non-hydrogen) atoms. The van der Waals surface area contributed by atoms with Gasteiger partial charge in [-0.3, -0.25) is 0 Å². The number of aliphatic hydroxyl groups excluding tert-OH is 1. The zero-order valence-corrected chi connectivity index (χ0v) is 12.2. The quantitative estimate of drug-likeness (QED) is 0.773. The first-order valence-electron chi connectivity index (χ1n) is 5.95. The second kappa shape index (κ2) is 8.98. The molecule has 1 unspecified atom stereocenters. The minimum absolute atomic E-state index is 0.0356. The summed E-state index contributed by atoms with van der Waals surface area (Å²) >= 11 is 11.9. The molecule has 1 aliphatic carbocycles. The van der Waals surface area contributed by atoms with Crippen LogP contribution in [0.1, 0.15) is 39.0 Å². The van der Waals surface area contributed by atoms with Gasteiger partial charge in [0.25, 0.3) is 0 Å². The molecule has 0 heterocycles. The van der Waals surface area contributed by atoms with Crippen LogP contribution in [0, 0.1) is 5.92 Å². The fourth-order valence-corrected chi connectivity index (χ4v) is 2.39. The Morgan fingerprint density at radius 1 is 1.24 bits per heavy atom. The van der Waals surface area contributed by atoms with Crippen molar-refractivity contribution in [2.75, 3.05) is 7.11 Å². The lowest BCUT2D eigenvalue weighted by Gasteiger charge is -2.28. The van der Waals surface area contributed by atoms with Gasteiger partial charge in [0.15, 0.2) is 0 Å². The molecule has 0 aromatic rings. The summed E-state index contributed by atoms with van der Waals surface area (Å²) in [5, 5.41) is 8.11. The monoisotopic (exact) mass is 279 g/mol. The minimum Gasteiger partial charge on any atom is -0.400 e. The summed E-state index contributed by atoms with van der Waals surface area (Å²) in [7, 11) is 1.00. The van der Waals surface area contributed by atoms with Crippen LogP contribution in [0.5, 0.6) is 0 Å². The van der Waals surface area contributed by atoms with E-state index in [1.54, 1.807) is 6.92 Å². The molecular weight excluding hydrogens is 257 g/mol. The first-order valence-corrected chi connectivity index (χ1v) is 6.71. The molecule has 1 saturated carbocycles. The Bertz CT molecular complexity index is 267. The molecule has 0 amide bonds. The van der Waals surface area contributed by atoms with Gasteiger partial charge in [-0.25, -0.2) is 0 Å². The van der Waals surface area contributed by atoms with Crippen LogP contribution in [0.4, 0.5) is 0 Å². The molecule has 3 N–H and O–H groups in total. The summed E-state index contributed by atoms with van der Waals surface area (Å²) in [4.78, 5) is 0. The van der Waals surface area contributed by atoms with Crippen molar-refractivity contribution in [3.05, 3.63) is 22.2 Å². The van der Waals surface area contributed by atoms with Crippen LogP contribution in [-0.2, 0) is 0 Å². The number of hydrogen-bond acceptors (Lipinski definition) is 2. The van der Waals surface area contributed by atoms with E-state index in [0.717, 1.165) is 12.7 Å². The van der Waals surface area contributed by atoms with E-state index in [-0.39, 0.29) is 6.04 Å². The van der Waals surface area contributed by atoms with Crippen molar-refractivity contribution in [2.24, 2.45) is 11.7 Å². The number of rotatable bonds is 3. The molecule has 0 aromatic heterocycles. The molecule has 1 aliphatic rings. The van der Waals surface area contributed by atoms with Crippen LogP contribution < -0.4 is 5.73 Å². The van der Waals surface area contributed by atoms with E-state index in [4.69, 9.17) is 34.0 Å². The molecular formula is C13H23Cl2NO. The van der Waals surface area contributed by atoms with E-state index in [2.05, 4.69) is 6.58 Å². The molecule has 100 valence electrons. The molecule has 0 aromatic carbocycles. The number of allylic oxidation sites excluding steroid dienone is 1. The molecule has 0 saturated heterocycles. The minimum atomic E-state index is -0.0356. The van der Waals surface area contributed by atoms with E-state index in [1.807, 2.05) is 0 Å². The Hall–Kier alpha value is -0.0200. The summed E-state index contributed by atoms with van der Waals surface area (Å²) in [5.41, 5.74) is 6.94. The topological polar surface area (TPSA) is 46.2 Å². The molecule has 1 atom stereocenters. The van der Waals surface area contributed by atoms with Crippen molar-refractivity contribution in [1.82, 2.24) is 0 Å². The maximum Gasteiger partial charge on any atom is 0.0590 e. The van der Waals surface area contributed by atoms with Gasteiger partial charge in [0, 0.05) is 18.2 Å². The smallest absolute Gasteiger partial charge is 0.0590 e. The van der Waals surface area contributed by atoms with Crippen molar-refractivity contribution < 1.29 is 5.11 Å². The van der Waals surface area contributed by atoms with Crippen molar-refractivity contribution >= 4 is 23.2 Å². The lowest BCUT2D eigenvalue weighted by atomic mass is 9.81. The standard InChI is InChI=1S/C12H19Cl2N.CH4O/c1-8(11(14)9(2)13)12(15)10-6-4-3-5-7-10;1-2/h10,12H,1,3-7,15H2,2H3;2H,1H3/b11-9-;. The average molecular weight is 280 g/mol. The fraction of sp³-hybridized carbons (Fsp3) is 0.692. The van der Waals surface area contributed by atoms with E-state index >= 15 is 0 Å². The summed E-state index contributed by atoms with van der Waals surface area (Å²) < 4.78 is 0. The van der Waals surface area contributed by atoms with Gasteiger partial charge in [-0.15, -0.1) is 0 Å². The Morgan fingerprint density at radius 3 is 2.12 bits per heavy atom. The number of hydrogen-bond donors (Lipinski definition) is 2. The third-order valence-corrected chi connectivity index (χ3v) is 3.96. The molecule has 2 nitrogen and oxygen atoms in total. The van der Waals surface area contributed by atoms with Gasteiger partial charge in [0.05, 0.1) is 5.03 Å². The highest BCUT2D eigenvalue weighted by atomic mass is 35.5. The van der Waals surface area contributed by atoms with Crippen LogP contribution in [0.2, 0.25) is 0 Å². The van der Waals surface area contributed by atoms with Crippen molar-refractivity contribution in [3.8, 4) is 0 Å². The van der Waals surface area contributed by atoms with Crippen molar-refractivity contribution in [2.45, 2.75) is 45.1 Å². The highest BCUT2D eigenvalue weighted by molar-refractivity contribution is 6.40. The molecule has 1 rings (SSSR count). The summed E-state index contributed by atoms with van der Waals surface area (Å²) in [6.07, 6.45) is 6.24. The van der Waals surface area contributed by atoms with Gasteiger partial charge in [0.2, 0.25) is 0 Å². The largest absolute Gasteiger partial charge is 0.400 e. The molecule has 0 aliphatic heterocycles. The van der Waals surface area contributed by atoms with Gasteiger partial charge >= 0.3 is 0 Å². The zero-order valence-electron chi connectivity index (χ0n) is 10.7. The van der Waals surface area contributed by atoms with Crippen LogP contribution in [0.25, 0.3) is 0 Å². The van der Waals surface area contributed by atoms with Crippen LogP contribution >= 0.6 is 23.2 Å². The third-order valence-electron chi connectivity index (χ3n) is 3.14.